The van der Waals surface area contributed by atoms with Crippen molar-refractivity contribution in [2.24, 2.45) is 11.8 Å². The van der Waals surface area contributed by atoms with Crippen LogP contribution in [0.15, 0.2) is 18.2 Å². The Morgan fingerprint density at radius 1 is 0.963 bits per heavy atom. The topological polar surface area (TPSA) is 77.9 Å². The van der Waals surface area contributed by atoms with Crippen molar-refractivity contribution >= 4 is 17.8 Å². The molecule has 0 spiro atoms. The summed E-state index contributed by atoms with van der Waals surface area (Å²) in [6, 6.07) is 2.85. The number of halogens is 2. The number of carboxylic acids is 1. The summed E-state index contributed by atoms with van der Waals surface area (Å²) in [4.78, 5) is 39.4. The van der Waals surface area contributed by atoms with E-state index in [4.69, 9.17) is 5.11 Å². The first kappa shape index (κ1) is 19.3. The van der Waals surface area contributed by atoms with E-state index in [1.165, 1.54) is 4.90 Å². The van der Waals surface area contributed by atoms with Crippen LogP contribution in [0.4, 0.5) is 8.78 Å². The number of aliphatic carboxylic acids is 1. The minimum Gasteiger partial charge on any atom is -0.481 e. The standard InChI is InChI=1S/C19H22F2N2O4/c20-14-3-4-15(16(21)10-14)18(25)22-8-5-12(6-9-22)17(24)23-7-1-2-13(11-23)19(26)27/h3-4,10,12-13H,1-2,5-9,11H2,(H,26,27). The first-order valence-electron chi connectivity index (χ1n) is 9.12. The second-order valence-electron chi connectivity index (χ2n) is 7.15. The number of carbonyl (C=O) groups is 3. The smallest absolute Gasteiger partial charge is 0.308 e. The lowest BCUT2D eigenvalue weighted by atomic mass is 9.92. The van der Waals surface area contributed by atoms with Crippen molar-refractivity contribution in [3.63, 3.8) is 0 Å². The summed E-state index contributed by atoms with van der Waals surface area (Å²) in [6.45, 7) is 1.40. The number of carbonyl (C=O) groups excluding carboxylic acids is 2. The molecule has 146 valence electrons. The van der Waals surface area contributed by atoms with Gasteiger partial charge in [-0.15, -0.1) is 0 Å². The van der Waals surface area contributed by atoms with Crippen LogP contribution in [0.1, 0.15) is 36.0 Å². The molecule has 0 aliphatic carbocycles. The maximum absolute atomic E-state index is 13.8. The summed E-state index contributed by atoms with van der Waals surface area (Å²) in [5.41, 5.74) is -0.179. The highest BCUT2D eigenvalue weighted by Crippen LogP contribution is 2.25. The molecule has 0 bridgehead atoms. The summed E-state index contributed by atoms with van der Waals surface area (Å²) < 4.78 is 26.8. The minimum absolute atomic E-state index is 0.0685. The molecule has 3 rings (SSSR count). The molecule has 2 fully saturated rings. The fourth-order valence-electron chi connectivity index (χ4n) is 3.80. The van der Waals surface area contributed by atoms with Crippen molar-refractivity contribution in [1.82, 2.24) is 9.80 Å². The van der Waals surface area contributed by atoms with Crippen LogP contribution in [0.3, 0.4) is 0 Å². The number of benzene rings is 1. The summed E-state index contributed by atoms with van der Waals surface area (Å²) >= 11 is 0. The molecule has 2 saturated heterocycles. The zero-order valence-electron chi connectivity index (χ0n) is 14.9. The van der Waals surface area contributed by atoms with Gasteiger partial charge >= 0.3 is 5.97 Å². The van der Waals surface area contributed by atoms with Gasteiger partial charge in [0.15, 0.2) is 0 Å². The van der Waals surface area contributed by atoms with Crippen molar-refractivity contribution in [3.05, 3.63) is 35.4 Å². The third-order valence-corrected chi connectivity index (χ3v) is 5.38. The molecule has 1 unspecified atom stereocenters. The van der Waals surface area contributed by atoms with Crippen molar-refractivity contribution in [1.29, 1.82) is 0 Å². The third-order valence-electron chi connectivity index (χ3n) is 5.38. The lowest BCUT2D eigenvalue weighted by Gasteiger charge is -2.37. The Labute approximate surface area is 155 Å². The van der Waals surface area contributed by atoms with E-state index in [1.54, 1.807) is 4.90 Å². The van der Waals surface area contributed by atoms with E-state index in [0.717, 1.165) is 12.1 Å². The first-order chi connectivity index (χ1) is 12.9. The zero-order valence-corrected chi connectivity index (χ0v) is 14.9. The van der Waals surface area contributed by atoms with Gasteiger partial charge < -0.3 is 14.9 Å². The predicted octanol–water partition coefficient (Wildman–Crippen LogP) is 2.14. The van der Waals surface area contributed by atoms with Crippen molar-refractivity contribution in [2.45, 2.75) is 25.7 Å². The number of hydrogen-bond acceptors (Lipinski definition) is 3. The Balaban J connectivity index is 1.57. The number of hydrogen-bond donors (Lipinski definition) is 1. The summed E-state index contributed by atoms with van der Waals surface area (Å²) in [7, 11) is 0. The molecule has 2 aliphatic heterocycles. The first-order valence-corrected chi connectivity index (χ1v) is 9.12. The zero-order chi connectivity index (χ0) is 19.6. The maximum Gasteiger partial charge on any atom is 0.308 e. The van der Waals surface area contributed by atoms with Crippen LogP contribution in [-0.2, 0) is 9.59 Å². The molecule has 6 nitrogen and oxygen atoms in total. The number of carboxylic acid groups (broad SMARTS) is 1. The molecule has 1 aromatic rings. The number of piperidine rings is 2. The number of amides is 2. The SMILES string of the molecule is O=C(O)C1CCCN(C(=O)C2CCN(C(=O)c3ccc(F)cc3F)CC2)C1. The normalized spacial score (nSPS) is 21.2. The van der Waals surface area contributed by atoms with Crippen LogP contribution in [0, 0.1) is 23.5 Å². The molecular formula is C19H22F2N2O4. The molecule has 1 atom stereocenters. The fourth-order valence-corrected chi connectivity index (χ4v) is 3.80. The molecular weight excluding hydrogens is 358 g/mol. The van der Waals surface area contributed by atoms with Crippen LogP contribution in [0.2, 0.25) is 0 Å². The van der Waals surface area contributed by atoms with Gasteiger partial charge in [0.25, 0.3) is 5.91 Å². The average Bonchev–Trinajstić information content (AvgIpc) is 2.67. The Morgan fingerprint density at radius 3 is 2.30 bits per heavy atom. The lowest BCUT2D eigenvalue weighted by molar-refractivity contribution is -0.147. The van der Waals surface area contributed by atoms with Gasteiger partial charge in [-0.05, 0) is 37.8 Å². The van der Waals surface area contributed by atoms with Crippen LogP contribution in [0.25, 0.3) is 0 Å². The summed E-state index contributed by atoms with van der Waals surface area (Å²) in [5.74, 6) is -3.89. The van der Waals surface area contributed by atoms with Crippen molar-refractivity contribution < 1.29 is 28.3 Å². The predicted molar refractivity (Wildman–Crippen MR) is 91.9 cm³/mol. The van der Waals surface area contributed by atoms with Crippen LogP contribution >= 0.6 is 0 Å². The molecule has 27 heavy (non-hydrogen) atoms. The minimum atomic E-state index is -0.897. The third kappa shape index (κ3) is 4.26. The highest BCUT2D eigenvalue weighted by atomic mass is 19.1. The van der Waals surface area contributed by atoms with E-state index in [-0.39, 0.29) is 23.9 Å². The van der Waals surface area contributed by atoms with Gasteiger partial charge in [-0.3, -0.25) is 14.4 Å². The monoisotopic (exact) mass is 380 g/mol. The van der Waals surface area contributed by atoms with Crippen molar-refractivity contribution in [3.8, 4) is 0 Å². The second kappa shape index (κ2) is 8.02. The maximum atomic E-state index is 13.8. The van der Waals surface area contributed by atoms with Gasteiger partial charge in [0.1, 0.15) is 11.6 Å². The van der Waals surface area contributed by atoms with E-state index in [0.29, 0.717) is 51.4 Å². The van der Waals surface area contributed by atoms with Gasteiger partial charge in [0.2, 0.25) is 5.91 Å². The highest BCUT2D eigenvalue weighted by molar-refractivity contribution is 5.94. The number of likely N-dealkylation sites (tertiary alicyclic amines) is 2. The highest BCUT2D eigenvalue weighted by Gasteiger charge is 2.34. The van der Waals surface area contributed by atoms with Crippen LogP contribution < -0.4 is 0 Å². The molecule has 1 N–H and O–H groups in total. The molecule has 0 radical (unpaired) electrons. The van der Waals surface area contributed by atoms with E-state index in [1.807, 2.05) is 0 Å². The second-order valence-corrected chi connectivity index (χ2v) is 7.15. The largest absolute Gasteiger partial charge is 0.481 e. The van der Waals surface area contributed by atoms with Crippen LogP contribution in [0.5, 0.6) is 0 Å². The van der Waals surface area contributed by atoms with Gasteiger partial charge in [-0.25, -0.2) is 8.78 Å². The van der Waals surface area contributed by atoms with Crippen LogP contribution in [-0.4, -0.2) is 58.9 Å². The molecule has 0 aromatic heterocycles. The van der Waals surface area contributed by atoms with E-state index in [2.05, 4.69) is 0 Å². The van der Waals surface area contributed by atoms with E-state index in [9.17, 15) is 23.2 Å². The van der Waals surface area contributed by atoms with Gasteiger partial charge in [0.05, 0.1) is 11.5 Å². The number of nitrogens with zero attached hydrogens (tertiary/aromatic N) is 2. The quantitative estimate of drug-likeness (QED) is 0.872. The van der Waals surface area contributed by atoms with Crippen molar-refractivity contribution in [2.75, 3.05) is 26.2 Å². The van der Waals surface area contributed by atoms with Gasteiger partial charge in [0, 0.05) is 38.2 Å². The fraction of sp³-hybridized carbons (Fsp3) is 0.526. The lowest BCUT2D eigenvalue weighted by Crippen LogP contribution is -2.48. The molecule has 2 aliphatic rings. The Hall–Kier alpha value is -2.51. The van der Waals surface area contributed by atoms with Gasteiger partial charge in [-0.1, -0.05) is 0 Å². The molecule has 8 heteroatoms. The Kier molecular flexibility index (Phi) is 5.72. The van der Waals surface area contributed by atoms with E-state index < -0.39 is 29.4 Å². The Bertz CT molecular complexity index is 747. The average molecular weight is 380 g/mol. The van der Waals surface area contributed by atoms with E-state index >= 15 is 0 Å². The number of rotatable bonds is 3. The summed E-state index contributed by atoms with van der Waals surface area (Å²) in [6.07, 6.45) is 2.14. The molecule has 0 saturated carbocycles. The molecule has 1 aromatic carbocycles. The van der Waals surface area contributed by atoms with Gasteiger partial charge in [-0.2, -0.15) is 0 Å². The molecule has 2 heterocycles. The summed E-state index contributed by atoms with van der Waals surface area (Å²) in [5, 5.41) is 9.16. The molecule has 2 amide bonds. The Morgan fingerprint density at radius 2 is 1.67 bits per heavy atom.